The monoisotopic (exact) mass is 408 g/mol. The number of benzene rings is 2. The number of anilines is 1. The molecule has 1 N–H and O–H groups in total. The Morgan fingerprint density at radius 1 is 1.13 bits per heavy atom. The molecular formula is C23H24N2O5. The summed E-state index contributed by atoms with van der Waals surface area (Å²) in [6.45, 7) is 5.82. The van der Waals surface area contributed by atoms with E-state index in [0.717, 1.165) is 0 Å². The largest absolute Gasteiger partial charge is 0.493 e. The second-order valence-electron chi connectivity index (χ2n) is 6.50. The van der Waals surface area contributed by atoms with E-state index in [1.54, 1.807) is 49.4 Å². The summed E-state index contributed by atoms with van der Waals surface area (Å²) in [5.74, 6) is 0.0775. The molecule has 2 aromatic rings. The van der Waals surface area contributed by atoms with Crippen molar-refractivity contribution in [1.29, 1.82) is 5.26 Å². The lowest BCUT2D eigenvalue weighted by Crippen LogP contribution is -2.13. The van der Waals surface area contributed by atoms with Crippen LogP contribution in [0, 0.1) is 11.3 Å². The van der Waals surface area contributed by atoms with Gasteiger partial charge >= 0.3 is 5.97 Å². The van der Waals surface area contributed by atoms with E-state index in [2.05, 4.69) is 5.32 Å². The Balaban J connectivity index is 2.17. The van der Waals surface area contributed by atoms with Gasteiger partial charge in [-0.05, 0) is 68.8 Å². The maximum absolute atomic E-state index is 12.5. The van der Waals surface area contributed by atoms with E-state index < -0.39 is 11.9 Å². The molecule has 0 aromatic heterocycles. The van der Waals surface area contributed by atoms with Gasteiger partial charge in [0.05, 0.1) is 25.4 Å². The van der Waals surface area contributed by atoms with Gasteiger partial charge in [-0.15, -0.1) is 0 Å². The maximum Gasteiger partial charge on any atom is 0.338 e. The van der Waals surface area contributed by atoms with E-state index in [1.807, 2.05) is 19.9 Å². The van der Waals surface area contributed by atoms with E-state index in [9.17, 15) is 14.9 Å². The van der Waals surface area contributed by atoms with E-state index in [1.165, 1.54) is 13.2 Å². The summed E-state index contributed by atoms with van der Waals surface area (Å²) < 4.78 is 15.9. The lowest BCUT2D eigenvalue weighted by Gasteiger charge is -2.14. The summed E-state index contributed by atoms with van der Waals surface area (Å²) in [5, 5.41) is 12.1. The highest BCUT2D eigenvalue weighted by Gasteiger charge is 2.13. The summed E-state index contributed by atoms with van der Waals surface area (Å²) in [5.41, 5.74) is 1.37. The van der Waals surface area contributed by atoms with Crippen LogP contribution in [0.5, 0.6) is 11.5 Å². The van der Waals surface area contributed by atoms with Crippen LogP contribution in [0.3, 0.4) is 0 Å². The summed E-state index contributed by atoms with van der Waals surface area (Å²) >= 11 is 0. The van der Waals surface area contributed by atoms with Crippen LogP contribution in [0.2, 0.25) is 0 Å². The molecule has 0 heterocycles. The Kier molecular flexibility index (Phi) is 8.00. The van der Waals surface area contributed by atoms with Crippen molar-refractivity contribution in [3.63, 3.8) is 0 Å². The average Bonchev–Trinajstić information content (AvgIpc) is 2.73. The molecule has 2 aromatic carbocycles. The summed E-state index contributed by atoms with van der Waals surface area (Å²) in [6, 6.07) is 13.3. The number of ether oxygens (including phenoxy) is 3. The molecule has 156 valence electrons. The second kappa shape index (κ2) is 10.7. The zero-order valence-electron chi connectivity index (χ0n) is 17.4. The van der Waals surface area contributed by atoms with Gasteiger partial charge in [-0.3, -0.25) is 4.79 Å². The van der Waals surface area contributed by atoms with Crippen molar-refractivity contribution >= 4 is 23.6 Å². The molecule has 1 amide bonds. The fraction of sp³-hybridized carbons (Fsp3) is 0.261. The van der Waals surface area contributed by atoms with Gasteiger partial charge in [0.1, 0.15) is 11.6 Å². The summed E-state index contributed by atoms with van der Waals surface area (Å²) in [4.78, 5) is 24.2. The SMILES string of the molecule is CCOC(=O)c1ccc(NC(=O)/C(C#N)=C/c2ccc(OC(C)C)c(OC)c2)cc1. The number of nitriles is 1. The van der Waals surface area contributed by atoms with Gasteiger partial charge in [-0.25, -0.2) is 4.79 Å². The summed E-state index contributed by atoms with van der Waals surface area (Å²) in [6.07, 6.45) is 1.44. The number of carbonyl (C=O) groups excluding carboxylic acids is 2. The van der Waals surface area contributed by atoms with Crippen LogP contribution in [0.25, 0.3) is 6.08 Å². The number of hydrogen-bond donors (Lipinski definition) is 1. The Morgan fingerprint density at radius 2 is 1.83 bits per heavy atom. The van der Waals surface area contributed by atoms with Crippen molar-refractivity contribution in [2.45, 2.75) is 26.9 Å². The van der Waals surface area contributed by atoms with Crippen LogP contribution in [0.1, 0.15) is 36.7 Å². The molecule has 0 atom stereocenters. The number of hydrogen-bond acceptors (Lipinski definition) is 6. The van der Waals surface area contributed by atoms with Crippen molar-refractivity contribution < 1.29 is 23.8 Å². The highest BCUT2D eigenvalue weighted by molar-refractivity contribution is 6.09. The number of methoxy groups -OCH3 is 1. The third-order valence-corrected chi connectivity index (χ3v) is 3.88. The van der Waals surface area contributed by atoms with Gasteiger partial charge < -0.3 is 19.5 Å². The number of amides is 1. The topological polar surface area (TPSA) is 97.7 Å². The van der Waals surface area contributed by atoms with Gasteiger partial charge in [0, 0.05) is 5.69 Å². The maximum atomic E-state index is 12.5. The molecular weight excluding hydrogens is 384 g/mol. The number of esters is 1. The first-order valence-corrected chi connectivity index (χ1v) is 9.43. The number of carbonyl (C=O) groups is 2. The zero-order valence-corrected chi connectivity index (χ0v) is 17.4. The van der Waals surface area contributed by atoms with Gasteiger partial charge in [-0.1, -0.05) is 6.07 Å². The number of rotatable bonds is 8. The lowest BCUT2D eigenvalue weighted by atomic mass is 10.1. The standard InChI is InChI=1S/C23H24N2O5/c1-5-29-23(27)17-7-9-19(10-8-17)25-22(26)18(14-24)12-16-6-11-20(30-15(2)3)21(13-16)28-4/h6-13,15H,5H2,1-4H3,(H,25,26)/b18-12+. The molecule has 0 aliphatic heterocycles. The van der Waals surface area contributed by atoms with Crippen molar-refractivity contribution in [3.05, 3.63) is 59.2 Å². The number of nitrogens with zero attached hydrogens (tertiary/aromatic N) is 1. The van der Waals surface area contributed by atoms with Crippen LogP contribution in [-0.4, -0.2) is 31.7 Å². The average molecular weight is 408 g/mol. The molecule has 0 bridgehead atoms. The molecule has 7 nitrogen and oxygen atoms in total. The second-order valence-corrected chi connectivity index (χ2v) is 6.50. The van der Waals surface area contributed by atoms with E-state index >= 15 is 0 Å². The van der Waals surface area contributed by atoms with Crippen LogP contribution in [-0.2, 0) is 9.53 Å². The molecule has 0 aliphatic rings. The van der Waals surface area contributed by atoms with Crippen molar-refractivity contribution in [2.24, 2.45) is 0 Å². The molecule has 0 radical (unpaired) electrons. The minimum Gasteiger partial charge on any atom is -0.493 e. The molecule has 7 heteroatoms. The fourth-order valence-electron chi connectivity index (χ4n) is 2.54. The van der Waals surface area contributed by atoms with Crippen LogP contribution >= 0.6 is 0 Å². The van der Waals surface area contributed by atoms with Crippen LogP contribution in [0.15, 0.2) is 48.0 Å². The van der Waals surface area contributed by atoms with Gasteiger partial charge in [0.2, 0.25) is 0 Å². The molecule has 2 rings (SSSR count). The first-order valence-electron chi connectivity index (χ1n) is 9.43. The van der Waals surface area contributed by atoms with Gasteiger partial charge in [0.25, 0.3) is 5.91 Å². The molecule has 0 fully saturated rings. The van der Waals surface area contributed by atoms with Gasteiger partial charge in [0.15, 0.2) is 11.5 Å². The molecule has 0 unspecified atom stereocenters. The highest BCUT2D eigenvalue weighted by atomic mass is 16.5. The Bertz CT molecular complexity index is 972. The van der Waals surface area contributed by atoms with Crippen molar-refractivity contribution in [2.75, 3.05) is 19.0 Å². The quantitative estimate of drug-likeness (QED) is 0.399. The highest BCUT2D eigenvalue weighted by Crippen LogP contribution is 2.29. The van der Waals surface area contributed by atoms with E-state index in [0.29, 0.717) is 28.3 Å². The predicted molar refractivity (Wildman–Crippen MR) is 113 cm³/mol. The predicted octanol–water partition coefficient (Wildman–Crippen LogP) is 4.20. The normalized spacial score (nSPS) is 10.9. The zero-order chi connectivity index (χ0) is 22.1. The minimum absolute atomic E-state index is 0.0176. The molecule has 0 saturated heterocycles. The third kappa shape index (κ3) is 6.11. The fourth-order valence-corrected chi connectivity index (χ4v) is 2.54. The summed E-state index contributed by atoms with van der Waals surface area (Å²) in [7, 11) is 1.52. The third-order valence-electron chi connectivity index (χ3n) is 3.88. The first-order chi connectivity index (χ1) is 14.4. The van der Waals surface area contributed by atoms with Crippen molar-refractivity contribution in [3.8, 4) is 17.6 Å². The molecule has 0 spiro atoms. The van der Waals surface area contributed by atoms with Crippen LogP contribution < -0.4 is 14.8 Å². The Hall–Kier alpha value is -3.79. The smallest absolute Gasteiger partial charge is 0.338 e. The van der Waals surface area contributed by atoms with E-state index in [-0.39, 0.29) is 18.3 Å². The van der Waals surface area contributed by atoms with E-state index in [4.69, 9.17) is 14.2 Å². The van der Waals surface area contributed by atoms with Crippen LogP contribution in [0.4, 0.5) is 5.69 Å². The van der Waals surface area contributed by atoms with Crippen molar-refractivity contribution in [1.82, 2.24) is 0 Å². The molecule has 0 saturated carbocycles. The lowest BCUT2D eigenvalue weighted by molar-refractivity contribution is -0.112. The Labute approximate surface area is 175 Å². The van der Waals surface area contributed by atoms with Gasteiger partial charge in [-0.2, -0.15) is 5.26 Å². The first kappa shape index (κ1) is 22.5. The molecule has 0 aliphatic carbocycles. The number of nitrogens with one attached hydrogen (secondary N) is 1. The Morgan fingerprint density at radius 3 is 2.40 bits per heavy atom. The minimum atomic E-state index is -0.567. The molecule has 30 heavy (non-hydrogen) atoms.